The quantitative estimate of drug-likeness (QED) is 0.706. The molecule has 4 heteroatoms. The Morgan fingerprint density at radius 2 is 1.85 bits per heavy atom. The smallest absolute Gasteiger partial charge is 0.188 e. The topological polar surface area (TPSA) is 24.9 Å². The van der Waals surface area contributed by atoms with E-state index in [1.807, 2.05) is 12.1 Å². The van der Waals surface area contributed by atoms with E-state index in [1.165, 1.54) is 29.0 Å². The minimum Gasteiger partial charge on any atom is -0.332 e. The molecule has 3 aromatic rings. The van der Waals surface area contributed by atoms with Crippen LogP contribution in [0.1, 0.15) is 25.3 Å². The number of aromatic nitrogens is 1. The second-order valence-corrected chi connectivity index (χ2v) is 6.06. The van der Waals surface area contributed by atoms with Gasteiger partial charge >= 0.3 is 0 Å². The van der Waals surface area contributed by atoms with E-state index in [2.05, 4.69) is 36.3 Å². The van der Waals surface area contributed by atoms with Crippen LogP contribution >= 0.6 is 11.3 Å². The second-order valence-electron chi connectivity index (χ2n) is 5.03. The van der Waals surface area contributed by atoms with Gasteiger partial charge in [-0.25, -0.2) is 9.37 Å². The molecular weight excluding hydrogens is 271 g/mol. The number of hydrogen-bond acceptors (Lipinski definition) is 3. The highest BCUT2D eigenvalue weighted by atomic mass is 32.1. The van der Waals surface area contributed by atoms with Gasteiger partial charge in [-0.15, -0.1) is 0 Å². The van der Waals surface area contributed by atoms with Crippen molar-refractivity contribution in [3.8, 4) is 0 Å². The van der Waals surface area contributed by atoms with Gasteiger partial charge in [-0.3, -0.25) is 0 Å². The van der Waals surface area contributed by atoms with Gasteiger partial charge in [0, 0.05) is 5.69 Å². The molecule has 2 aromatic carbocycles. The highest BCUT2D eigenvalue weighted by Gasteiger charge is 2.05. The van der Waals surface area contributed by atoms with Gasteiger partial charge in [0.05, 0.1) is 10.2 Å². The van der Waals surface area contributed by atoms with Crippen molar-refractivity contribution in [2.45, 2.75) is 19.8 Å². The van der Waals surface area contributed by atoms with Gasteiger partial charge in [0.1, 0.15) is 5.82 Å². The third-order valence-electron chi connectivity index (χ3n) is 3.18. The third kappa shape index (κ3) is 2.65. The first-order valence-electron chi connectivity index (χ1n) is 6.55. The molecule has 0 radical (unpaired) electrons. The minimum atomic E-state index is -0.228. The first-order chi connectivity index (χ1) is 9.61. The maximum atomic E-state index is 13.2. The summed E-state index contributed by atoms with van der Waals surface area (Å²) in [6, 6.07) is 13.0. The van der Waals surface area contributed by atoms with Crippen LogP contribution in [0.4, 0.5) is 15.2 Å². The van der Waals surface area contributed by atoms with Crippen LogP contribution in [-0.4, -0.2) is 4.98 Å². The predicted molar refractivity (Wildman–Crippen MR) is 83.4 cm³/mol. The lowest BCUT2D eigenvalue weighted by Crippen LogP contribution is -1.91. The maximum absolute atomic E-state index is 13.2. The Kier molecular flexibility index (Phi) is 3.40. The van der Waals surface area contributed by atoms with Gasteiger partial charge in [0.25, 0.3) is 0 Å². The van der Waals surface area contributed by atoms with Crippen LogP contribution in [0, 0.1) is 5.82 Å². The maximum Gasteiger partial charge on any atom is 0.188 e. The summed E-state index contributed by atoms with van der Waals surface area (Å²) in [6.07, 6.45) is 0. The van der Waals surface area contributed by atoms with Crippen molar-refractivity contribution in [2.24, 2.45) is 0 Å². The molecule has 0 aliphatic heterocycles. The van der Waals surface area contributed by atoms with Crippen LogP contribution in [0.5, 0.6) is 0 Å². The van der Waals surface area contributed by atoms with Crippen molar-refractivity contribution in [3.05, 3.63) is 53.8 Å². The number of benzene rings is 2. The Hall–Kier alpha value is -1.94. The first kappa shape index (κ1) is 13.1. The van der Waals surface area contributed by atoms with Crippen LogP contribution in [0.25, 0.3) is 10.2 Å². The lowest BCUT2D eigenvalue weighted by molar-refractivity contribution is 0.630. The van der Waals surface area contributed by atoms with Crippen molar-refractivity contribution in [3.63, 3.8) is 0 Å². The van der Waals surface area contributed by atoms with Crippen molar-refractivity contribution in [2.75, 3.05) is 5.32 Å². The summed E-state index contributed by atoms with van der Waals surface area (Å²) in [7, 11) is 0. The highest BCUT2D eigenvalue weighted by Crippen LogP contribution is 2.29. The van der Waals surface area contributed by atoms with E-state index >= 15 is 0 Å². The molecule has 3 rings (SSSR count). The second kappa shape index (κ2) is 5.21. The molecule has 1 aromatic heterocycles. The number of nitrogens with zero attached hydrogens (tertiary/aromatic N) is 1. The van der Waals surface area contributed by atoms with E-state index in [4.69, 9.17) is 0 Å². The number of nitrogens with one attached hydrogen (secondary N) is 1. The SMILES string of the molecule is CC(C)c1ccc(Nc2nc3ccc(F)cc3s2)cc1. The molecule has 0 saturated carbocycles. The fourth-order valence-corrected chi connectivity index (χ4v) is 2.94. The monoisotopic (exact) mass is 286 g/mol. The number of hydrogen-bond donors (Lipinski definition) is 1. The van der Waals surface area contributed by atoms with Crippen LogP contribution in [0.2, 0.25) is 0 Å². The molecule has 0 amide bonds. The van der Waals surface area contributed by atoms with Crippen molar-refractivity contribution in [1.29, 1.82) is 0 Å². The highest BCUT2D eigenvalue weighted by molar-refractivity contribution is 7.22. The Morgan fingerprint density at radius 1 is 1.10 bits per heavy atom. The number of fused-ring (bicyclic) bond motifs is 1. The molecule has 0 atom stereocenters. The van der Waals surface area contributed by atoms with Gasteiger partial charge in [0.15, 0.2) is 5.13 Å². The zero-order valence-corrected chi connectivity index (χ0v) is 12.2. The summed E-state index contributed by atoms with van der Waals surface area (Å²) in [5, 5.41) is 4.04. The minimum absolute atomic E-state index is 0.228. The number of halogens is 1. The molecular formula is C16H15FN2S. The summed E-state index contributed by atoms with van der Waals surface area (Å²) >= 11 is 1.45. The molecule has 0 unspecified atom stereocenters. The van der Waals surface area contributed by atoms with Crippen molar-refractivity contribution in [1.82, 2.24) is 4.98 Å². The molecule has 1 heterocycles. The van der Waals surface area contributed by atoms with Crippen LogP contribution in [0.15, 0.2) is 42.5 Å². The molecule has 0 aliphatic rings. The Balaban J connectivity index is 1.85. The number of anilines is 2. The zero-order chi connectivity index (χ0) is 14.1. The van der Waals surface area contributed by atoms with Crippen molar-refractivity contribution < 1.29 is 4.39 Å². The molecule has 0 saturated heterocycles. The number of rotatable bonds is 3. The fraction of sp³-hybridized carbons (Fsp3) is 0.188. The Morgan fingerprint density at radius 3 is 2.55 bits per heavy atom. The molecule has 0 fully saturated rings. The molecule has 0 bridgehead atoms. The lowest BCUT2D eigenvalue weighted by Gasteiger charge is -2.07. The largest absolute Gasteiger partial charge is 0.332 e. The number of thiazole rings is 1. The summed E-state index contributed by atoms with van der Waals surface area (Å²) in [5.41, 5.74) is 3.12. The molecule has 0 aliphatic carbocycles. The molecule has 102 valence electrons. The van der Waals surface area contributed by atoms with Gasteiger partial charge in [0.2, 0.25) is 0 Å². The van der Waals surface area contributed by atoms with Gasteiger partial charge < -0.3 is 5.32 Å². The Bertz CT molecular complexity index is 732. The fourth-order valence-electron chi connectivity index (χ4n) is 2.03. The average Bonchev–Trinajstić information content (AvgIpc) is 2.80. The van der Waals surface area contributed by atoms with Gasteiger partial charge in [-0.05, 0) is 41.8 Å². The van der Waals surface area contributed by atoms with Gasteiger partial charge in [-0.2, -0.15) is 0 Å². The zero-order valence-electron chi connectivity index (χ0n) is 11.4. The third-order valence-corrected chi connectivity index (χ3v) is 4.11. The van der Waals surface area contributed by atoms with E-state index in [0.717, 1.165) is 21.0 Å². The van der Waals surface area contributed by atoms with Crippen LogP contribution < -0.4 is 5.32 Å². The summed E-state index contributed by atoms with van der Waals surface area (Å²) in [6.45, 7) is 4.34. The molecule has 1 N–H and O–H groups in total. The summed E-state index contributed by atoms with van der Waals surface area (Å²) in [4.78, 5) is 4.45. The van der Waals surface area contributed by atoms with Crippen LogP contribution in [-0.2, 0) is 0 Å². The van der Waals surface area contributed by atoms with Gasteiger partial charge in [-0.1, -0.05) is 37.3 Å². The van der Waals surface area contributed by atoms with Crippen molar-refractivity contribution >= 4 is 32.4 Å². The lowest BCUT2D eigenvalue weighted by atomic mass is 10.0. The predicted octanol–water partition coefficient (Wildman–Crippen LogP) is 5.30. The van der Waals surface area contributed by atoms with E-state index in [1.54, 1.807) is 6.07 Å². The summed E-state index contributed by atoms with van der Waals surface area (Å²) < 4.78 is 14.0. The standard InChI is InChI=1S/C16H15FN2S/c1-10(2)11-3-6-13(7-4-11)18-16-19-14-8-5-12(17)9-15(14)20-16/h3-10H,1-2H3,(H,18,19). The molecule has 20 heavy (non-hydrogen) atoms. The molecule has 0 spiro atoms. The van der Waals surface area contributed by atoms with E-state index in [9.17, 15) is 4.39 Å². The Labute approximate surface area is 121 Å². The molecule has 2 nitrogen and oxygen atoms in total. The van der Waals surface area contributed by atoms with E-state index < -0.39 is 0 Å². The first-order valence-corrected chi connectivity index (χ1v) is 7.36. The van der Waals surface area contributed by atoms with E-state index in [-0.39, 0.29) is 5.82 Å². The van der Waals surface area contributed by atoms with Crippen LogP contribution in [0.3, 0.4) is 0 Å². The van der Waals surface area contributed by atoms with E-state index in [0.29, 0.717) is 5.92 Å². The average molecular weight is 286 g/mol. The summed E-state index contributed by atoms with van der Waals surface area (Å²) in [5.74, 6) is 0.295. The normalized spacial score (nSPS) is 11.2.